The van der Waals surface area contributed by atoms with Crippen LogP contribution in [0.3, 0.4) is 0 Å². The molecule has 6 aromatic rings. The summed E-state index contributed by atoms with van der Waals surface area (Å²) in [7, 11) is 0. The fraction of sp³-hybridized carbons (Fsp3) is 0.744. The van der Waals surface area contributed by atoms with E-state index in [4.69, 9.17) is 10.1 Å². The van der Waals surface area contributed by atoms with Gasteiger partial charge in [0.05, 0.1) is 27.6 Å². The molecule has 12 aliphatic rings. The molecule has 0 saturated heterocycles. The summed E-state index contributed by atoms with van der Waals surface area (Å²) < 4.78 is 1.81. The maximum Gasteiger partial charge on any atom is 1.00 e. The van der Waals surface area contributed by atoms with E-state index in [9.17, 15) is 29.7 Å². The molecule has 576 valence electrons. The number of nitrogens with zero attached hydrogens (tertiary/aromatic N) is 8. The van der Waals surface area contributed by atoms with Gasteiger partial charge in [0.15, 0.2) is 11.6 Å². The Labute approximate surface area is 731 Å². The van der Waals surface area contributed by atoms with Crippen LogP contribution in [-0.2, 0) is 37.2 Å². The second-order valence-electron chi connectivity index (χ2n) is 38.1. The second kappa shape index (κ2) is 33.6. The number of aromatic nitrogens is 9. The number of carbonyl (C=O) groups is 4. The monoisotopic (exact) mass is 1580 g/mol. The third kappa shape index (κ3) is 16.4. The van der Waals surface area contributed by atoms with Crippen LogP contribution in [0, 0.1) is 121 Å². The Morgan fingerprint density at radius 1 is 0.477 bits per heavy atom. The summed E-state index contributed by atoms with van der Waals surface area (Å²) in [5.74, 6) is 10.4. The number of nitrogens with one attached hydrogen (secondary N) is 1. The minimum absolute atomic E-state index is 0. The van der Waals surface area contributed by atoms with Gasteiger partial charge in [-0.2, -0.15) is 30.4 Å². The molecule has 12 aliphatic carbocycles. The van der Waals surface area contributed by atoms with E-state index in [1.54, 1.807) is 9.48 Å². The molecule has 3 heterocycles. The van der Waals surface area contributed by atoms with E-state index < -0.39 is 16.8 Å². The summed E-state index contributed by atoms with van der Waals surface area (Å²) in [5, 5.41) is 69.0. The number of carbonyl (C=O) groups excluding carboxylic acids is 4. The van der Waals surface area contributed by atoms with Gasteiger partial charge in [-0.25, -0.2) is 4.68 Å². The summed E-state index contributed by atoms with van der Waals surface area (Å²) in [4.78, 5) is 52.6. The van der Waals surface area contributed by atoms with Gasteiger partial charge in [0.25, 0.3) is 6.47 Å². The van der Waals surface area contributed by atoms with Crippen LogP contribution >= 0.6 is 15.9 Å². The zero-order valence-electron chi connectivity index (χ0n) is 66.6. The molecule has 3 aromatic carbocycles. The van der Waals surface area contributed by atoms with E-state index in [1.807, 2.05) is 93.6 Å². The minimum Gasteiger partial charge on any atom is -1.00 e. The van der Waals surface area contributed by atoms with Crippen LogP contribution in [0.25, 0.3) is 33.1 Å². The van der Waals surface area contributed by atoms with Crippen LogP contribution in [0.4, 0.5) is 0 Å². The normalized spacial score (nSPS) is 41.6. The van der Waals surface area contributed by atoms with E-state index in [2.05, 4.69) is 98.3 Å². The Morgan fingerprint density at radius 3 is 1.19 bits per heavy atom. The molecule has 107 heavy (non-hydrogen) atoms. The van der Waals surface area contributed by atoms with E-state index >= 15 is 0 Å². The van der Waals surface area contributed by atoms with Crippen molar-refractivity contribution in [2.75, 3.05) is 5.33 Å². The maximum atomic E-state index is 13.6. The molecule has 0 aliphatic heterocycles. The zero-order valence-corrected chi connectivity index (χ0v) is 73.5. The van der Waals surface area contributed by atoms with Crippen molar-refractivity contribution in [3.8, 4) is 0 Å². The van der Waals surface area contributed by atoms with Crippen LogP contribution in [0.1, 0.15) is 245 Å². The number of H-pyrrole nitrogens is 1. The maximum absolute atomic E-state index is 13.6. The molecule has 0 spiro atoms. The molecule has 24 atom stereocenters. The van der Waals surface area contributed by atoms with Gasteiger partial charge in [0.2, 0.25) is 0 Å². The molecule has 3 aromatic heterocycles. The van der Waals surface area contributed by atoms with Crippen molar-refractivity contribution < 1.29 is 149 Å². The molecule has 0 bridgehead atoms. The first-order valence-corrected chi connectivity index (χ1v) is 41.5. The average molecular weight is 1590 g/mol. The summed E-state index contributed by atoms with van der Waals surface area (Å²) in [6.45, 7) is 21.5. The summed E-state index contributed by atoms with van der Waals surface area (Å²) in [6, 6.07) is 23.5. The first-order valence-electron chi connectivity index (χ1n) is 40.4. The van der Waals surface area contributed by atoms with Gasteiger partial charge in [0, 0.05) is 17.8 Å². The number of halogens is 1. The minimum atomic E-state index is -0.476. The van der Waals surface area contributed by atoms with E-state index in [1.165, 1.54) is 103 Å². The Bertz CT molecular complexity index is 4030. The van der Waals surface area contributed by atoms with E-state index in [-0.39, 0.29) is 152 Å². The van der Waals surface area contributed by atoms with Gasteiger partial charge >= 0.3 is 103 Å². The molecule has 0 unspecified atom stereocenters. The smallest absolute Gasteiger partial charge is 1.00 e. The summed E-state index contributed by atoms with van der Waals surface area (Å²) in [5.41, 5.74) is 5.61. The molecule has 0 radical (unpaired) electrons. The third-order valence-corrected chi connectivity index (χ3v) is 33.3. The molecule has 0 amide bonds. The molecular weight excluding hydrogens is 1460 g/mol. The number of ketones is 3. The quantitative estimate of drug-likeness (QED) is 0.0345. The van der Waals surface area contributed by atoms with Crippen LogP contribution in [0.15, 0.2) is 72.8 Å². The molecule has 12 fully saturated rings. The van der Waals surface area contributed by atoms with Crippen LogP contribution in [0.2, 0.25) is 0 Å². The van der Waals surface area contributed by atoms with Crippen LogP contribution in [0.5, 0.6) is 0 Å². The fourth-order valence-electron chi connectivity index (χ4n) is 27.3. The topological polar surface area (TPSA) is 264 Å². The summed E-state index contributed by atoms with van der Waals surface area (Å²) >= 11 is 3.43. The molecule has 21 heteroatoms. The number of fused-ring (bicyclic) bond motifs is 18. The predicted octanol–water partition coefficient (Wildman–Crippen LogP) is 10.3. The average Bonchev–Trinajstić information content (AvgIpc) is 1.37. The fourth-order valence-corrected chi connectivity index (χ4v) is 27.7. The number of aromatic amines is 1. The van der Waals surface area contributed by atoms with Crippen molar-refractivity contribution in [3.63, 3.8) is 0 Å². The second-order valence-corrected chi connectivity index (χ2v) is 38.7. The van der Waals surface area contributed by atoms with Crippen molar-refractivity contribution in [2.24, 2.45) is 121 Å². The molecular formula is C86H124BrK2N9O9. The van der Waals surface area contributed by atoms with Crippen LogP contribution in [-0.4, -0.2) is 107 Å². The largest absolute Gasteiger partial charge is 1.00 e. The first-order chi connectivity index (χ1) is 49.5. The number of alkyl halides is 1. The number of rotatable bonds is 9. The van der Waals surface area contributed by atoms with Gasteiger partial charge in [-0.1, -0.05) is 107 Å². The molecule has 18 rings (SSSR count). The van der Waals surface area contributed by atoms with E-state index in [0.29, 0.717) is 81.6 Å². The molecule has 18 nitrogen and oxygen atoms in total. The van der Waals surface area contributed by atoms with Gasteiger partial charge < -0.3 is 26.9 Å². The molecule has 12 saturated carbocycles. The van der Waals surface area contributed by atoms with Crippen molar-refractivity contribution in [3.05, 3.63) is 72.8 Å². The Morgan fingerprint density at radius 2 is 0.813 bits per heavy atom. The standard InChI is InChI=1S/2C28H39N3O2.C22H35BrO2.C6H5N3.CH2O3.CH4.2K.H/c1-26(33)14-15-27(2)18(16-26)8-9-19-20-10-11-22(28(20,3)13-12-21(19)27)25(32)17-31-24-7-5-4-6-23(24)29-30-31;1-26(33)14-15-27(2)18(16-26)8-9-19-20-10-11-22(28(20,3)13-12-21(19)27)25(32)17-31-29-23-6-4-5-7-24(23)30-31;1-20(25)10-11-21(2)14(12-20)4-5-15-16-6-7-18(19(24)13-23)22(16,3)9-8-17(15)21;1-2-4-6-5(3-1)7-9-8-6;2-1-4-3;;;;/h2*4-7,18-22,33H,8-17H2,1-3H3;14-18,25H,4-13H2,1-3H3;1-4H,(H,7,8,9);1,3H;1H4;;;/q;;;;;;2*+1;-1/p-1/t2*18-,19-,20-,21-,22+,26+,27-,28-;14-,15-,16-,17-,18+,20+,21-,22-;;;;;;/m000....../s1. The molecule has 4 N–H and O–H groups in total. The number of Topliss-reactive ketones (excluding diaryl/α,β-unsaturated/α-hetero) is 3. The number of benzene rings is 3. The first kappa shape index (κ1) is 85.8. The van der Waals surface area contributed by atoms with Crippen LogP contribution < -0.4 is 108 Å². The van der Waals surface area contributed by atoms with E-state index in [0.717, 1.165) is 145 Å². The number of hydrogen-bond donors (Lipinski definition) is 4. The zero-order chi connectivity index (χ0) is 73.6. The SMILES string of the molecule is C.C[C@@]1(O)CC[C@@]2(C)[C@@H](CC[C@@H]3[C@@H]2CC[C@]2(C)[C@@H](C(=O)CBr)CC[C@@H]32)C1.C[C@@]1(O)CC[C@@]2(C)[C@@H](CC[C@@H]3[C@@H]2CC[C@]2(C)[C@@H](C(=O)Cn4nc5ccccc5n4)CC[C@@H]32)C1.C[C@@]1(O)CC[C@@]2(C)[C@@H](CC[C@@H]3[C@@H]2CC[C@]2(C)[C@@H](C(=O)Cn4nnc5ccccc54)CC[C@@H]32)C1.O=CO[O-].[H-].[K+].[K+].c1ccc2n[nH]nc2c1. The van der Waals surface area contributed by atoms with Crippen molar-refractivity contribution in [1.29, 1.82) is 0 Å². The Hall–Kier alpha value is -2.07. The van der Waals surface area contributed by atoms with Gasteiger partial charge in [0.1, 0.15) is 46.5 Å². The number of para-hydroxylation sites is 3. The van der Waals surface area contributed by atoms with Crippen molar-refractivity contribution >= 4 is 72.9 Å². The van der Waals surface area contributed by atoms with Gasteiger partial charge in [-0.3, -0.25) is 19.2 Å². The third-order valence-electron chi connectivity index (χ3n) is 32.8. The Kier molecular flexibility index (Phi) is 27.0. The number of aliphatic hydroxyl groups is 3. The predicted molar refractivity (Wildman–Crippen MR) is 410 cm³/mol. The Balaban J connectivity index is 0.000000157. The number of hydrogen-bond acceptors (Lipinski definition) is 15. The summed E-state index contributed by atoms with van der Waals surface area (Å²) in [6.07, 6.45) is 31.2. The van der Waals surface area contributed by atoms with Crippen molar-refractivity contribution in [1.82, 2.24) is 45.4 Å². The van der Waals surface area contributed by atoms with Gasteiger partial charge in [-0.15, -0.1) is 5.10 Å². The van der Waals surface area contributed by atoms with Crippen molar-refractivity contribution in [2.45, 2.75) is 273 Å². The van der Waals surface area contributed by atoms with Gasteiger partial charge in [-0.05, 0) is 334 Å².